The molecule has 94 valence electrons. The van der Waals surface area contributed by atoms with Gasteiger partial charge in [0.2, 0.25) is 5.95 Å². The molecule has 0 atom stereocenters. The molecule has 3 heteroatoms. The Labute approximate surface area is 108 Å². The van der Waals surface area contributed by atoms with E-state index in [0.29, 0.717) is 5.95 Å². The highest BCUT2D eigenvalue weighted by Crippen LogP contribution is 2.25. The van der Waals surface area contributed by atoms with Crippen molar-refractivity contribution in [3.8, 4) is 11.3 Å². The van der Waals surface area contributed by atoms with Crippen LogP contribution in [0.2, 0.25) is 0 Å². The third-order valence-electron chi connectivity index (χ3n) is 3.11. The molecule has 0 saturated heterocycles. The molecule has 1 aromatic carbocycles. The molecule has 0 aliphatic heterocycles. The first-order valence-electron chi connectivity index (χ1n) is 6.27. The predicted molar refractivity (Wildman–Crippen MR) is 75.8 cm³/mol. The van der Waals surface area contributed by atoms with E-state index in [4.69, 9.17) is 0 Å². The summed E-state index contributed by atoms with van der Waals surface area (Å²) in [5.41, 5.74) is 6.01. The summed E-state index contributed by atoms with van der Waals surface area (Å²) >= 11 is 0. The number of aromatic nitrogens is 2. The van der Waals surface area contributed by atoms with E-state index >= 15 is 0 Å². The van der Waals surface area contributed by atoms with Gasteiger partial charge in [0.15, 0.2) is 0 Å². The van der Waals surface area contributed by atoms with Crippen molar-refractivity contribution in [3.63, 3.8) is 0 Å². The summed E-state index contributed by atoms with van der Waals surface area (Å²) in [5, 5.41) is 3.14. The van der Waals surface area contributed by atoms with E-state index in [1.54, 1.807) is 6.20 Å². The van der Waals surface area contributed by atoms with Crippen LogP contribution in [0.15, 0.2) is 24.4 Å². The molecule has 0 radical (unpaired) electrons. The van der Waals surface area contributed by atoms with Crippen molar-refractivity contribution in [2.75, 3.05) is 11.9 Å². The zero-order valence-electron chi connectivity index (χ0n) is 11.4. The Morgan fingerprint density at radius 1 is 1.06 bits per heavy atom. The van der Waals surface area contributed by atoms with Crippen molar-refractivity contribution >= 4 is 5.95 Å². The third-order valence-corrected chi connectivity index (χ3v) is 3.11. The van der Waals surface area contributed by atoms with Gasteiger partial charge in [0.05, 0.1) is 5.69 Å². The van der Waals surface area contributed by atoms with E-state index < -0.39 is 0 Å². The molecule has 0 aliphatic carbocycles. The first-order valence-corrected chi connectivity index (χ1v) is 6.27. The molecule has 0 fully saturated rings. The number of benzene rings is 1. The second kappa shape index (κ2) is 5.17. The highest BCUT2D eigenvalue weighted by molar-refractivity contribution is 5.66. The standard InChI is InChI=1S/C15H19N3/c1-5-16-15-17-7-6-14(18-15)13-9-11(3)10(2)8-12(13)4/h6-9H,5H2,1-4H3,(H,16,17,18). The number of anilines is 1. The van der Waals surface area contributed by atoms with Crippen LogP contribution in [-0.2, 0) is 0 Å². The number of rotatable bonds is 3. The first-order chi connectivity index (χ1) is 8.61. The molecule has 18 heavy (non-hydrogen) atoms. The molecule has 1 heterocycles. The van der Waals surface area contributed by atoms with Crippen LogP contribution >= 0.6 is 0 Å². The molecule has 1 aromatic heterocycles. The highest BCUT2D eigenvalue weighted by Gasteiger charge is 2.07. The second-order valence-electron chi connectivity index (χ2n) is 4.55. The topological polar surface area (TPSA) is 37.8 Å². The Bertz CT molecular complexity index is 562. The van der Waals surface area contributed by atoms with Gasteiger partial charge in [0.1, 0.15) is 0 Å². The summed E-state index contributed by atoms with van der Waals surface area (Å²) in [7, 11) is 0. The maximum absolute atomic E-state index is 4.54. The maximum Gasteiger partial charge on any atom is 0.223 e. The summed E-state index contributed by atoms with van der Waals surface area (Å²) in [5.74, 6) is 0.688. The van der Waals surface area contributed by atoms with Crippen LogP contribution in [0.1, 0.15) is 23.6 Å². The van der Waals surface area contributed by atoms with Gasteiger partial charge in [0, 0.05) is 18.3 Å². The van der Waals surface area contributed by atoms with Crippen molar-refractivity contribution in [1.82, 2.24) is 9.97 Å². The molecule has 1 N–H and O–H groups in total. The van der Waals surface area contributed by atoms with Gasteiger partial charge < -0.3 is 5.32 Å². The zero-order chi connectivity index (χ0) is 13.1. The second-order valence-corrected chi connectivity index (χ2v) is 4.55. The van der Waals surface area contributed by atoms with Gasteiger partial charge in [-0.2, -0.15) is 0 Å². The Kier molecular flexibility index (Phi) is 3.60. The number of hydrogen-bond donors (Lipinski definition) is 1. The van der Waals surface area contributed by atoms with Crippen LogP contribution in [-0.4, -0.2) is 16.5 Å². The van der Waals surface area contributed by atoms with Crippen LogP contribution in [0.4, 0.5) is 5.95 Å². The summed E-state index contributed by atoms with van der Waals surface area (Å²) in [6.45, 7) is 9.25. The fraction of sp³-hybridized carbons (Fsp3) is 0.333. The van der Waals surface area contributed by atoms with Gasteiger partial charge in [-0.25, -0.2) is 9.97 Å². The number of nitrogens with one attached hydrogen (secondary N) is 1. The minimum Gasteiger partial charge on any atom is -0.354 e. The Balaban J connectivity index is 2.48. The van der Waals surface area contributed by atoms with Crippen LogP contribution in [0.25, 0.3) is 11.3 Å². The summed E-state index contributed by atoms with van der Waals surface area (Å²) < 4.78 is 0. The van der Waals surface area contributed by atoms with E-state index in [0.717, 1.165) is 12.2 Å². The molecule has 2 aromatic rings. The van der Waals surface area contributed by atoms with E-state index in [1.807, 2.05) is 13.0 Å². The van der Waals surface area contributed by atoms with E-state index in [1.165, 1.54) is 22.3 Å². The Morgan fingerprint density at radius 3 is 2.50 bits per heavy atom. The lowest BCUT2D eigenvalue weighted by atomic mass is 9.99. The van der Waals surface area contributed by atoms with E-state index in [-0.39, 0.29) is 0 Å². The van der Waals surface area contributed by atoms with Crippen LogP contribution < -0.4 is 5.32 Å². The van der Waals surface area contributed by atoms with Crippen LogP contribution in [0.5, 0.6) is 0 Å². The third kappa shape index (κ3) is 2.50. The monoisotopic (exact) mass is 241 g/mol. The quantitative estimate of drug-likeness (QED) is 0.893. The van der Waals surface area contributed by atoms with Crippen molar-refractivity contribution in [3.05, 3.63) is 41.1 Å². The number of aryl methyl sites for hydroxylation is 3. The smallest absolute Gasteiger partial charge is 0.223 e. The molecule has 0 spiro atoms. The van der Waals surface area contributed by atoms with Crippen LogP contribution in [0, 0.1) is 20.8 Å². The molecule has 0 unspecified atom stereocenters. The van der Waals surface area contributed by atoms with Gasteiger partial charge >= 0.3 is 0 Å². The molecule has 0 amide bonds. The van der Waals surface area contributed by atoms with Gasteiger partial charge in [-0.05, 0) is 56.5 Å². The average Bonchev–Trinajstić information content (AvgIpc) is 2.34. The number of hydrogen-bond acceptors (Lipinski definition) is 3. The lowest BCUT2D eigenvalue weighted by molar-refractivity contribution is 1.09. The molecular weight excluding hydrogens is 222 g/mol. The van der Waals surface area contributed by atoms with Crippen LogP contribution in [0.3, 0.4) is 0 Å². The SMILES string of the molecule is CCNc1nccc(-c2cc(C)c(C)cc2C)n1. The maximum atomic E-state index is 4.54. The zero-order valence-corrected chi connectivity index (χ0v) is 11.4. The molecule has 3 nitrogen and oxygen atoms in total. The normalized spacial score (nSPS) is 10.4. The molecule has 0 aliphatic rings. The molecule has 2 rings (SSSR count). The van der Waals surface area contributed by atoms with Crippen molar-refractivity contribution in [2.24, 2.45) is 0 Å². The average molecular weight is 241 g/mol. The molecule has 0 saturated carbocycles. The summed E-state index contributed by atoms with van der Waals surface area (Å²) in [4.78, 5) is 8.74. The minimum atomic E-state index is 0.688. The fourth-order valence-electron chi connectivity index (χ4n) is 1.99. The lowest BCUT2D eigenvalue weighted by Gasteiger charge is -2.10. The summed E-state index contributed by atoms with van der Waals surface area (Å²) in [6, 6.07) is 6.36. The van der Waals surface area contributed by atoms with Crippen molar-refractivity contribution in [2.45, 2.75) is 27.7 Å². The van der Waals surface area contributed by atoms with E-state index in [2.05, 4.69) is 48.2 Å². The summed E-state index contributed by atoms with van der Waals surface area (Å²) in [6.07, 6.45) is 1.80. The minimum absolute atomic E-state index is 0.688. The van der Waals surface area contributed by atoms with Crippen molar-refractivity contribution in [1.29, 1.82) is 0 Å². The number of nitrogens with zero attached hydrogens (tertiary/aromatic N) is 2. The predicted octanol–water partition coefficient (Wildman–Crippen LogP) is 3.50. The Morgan fingerprint density at radius 2 is 1.78 bits per heavy atom. The van der Waals surface area contributed by atoms with E-state index in [9.17, 15) is 0 Å². The van der Waals surface area contributed by atoms with Gasteiger partial charge in [-0.1, -0.05) is 6.07 Å². The van der Waals surface area contributed by atoms with Gasteiger partial charge in [0.25, 0.3) is 0 Å². The molecule has 0 bridgehead atoms. The van der Waals surface area contributed by atoms with Crippen molar-refractivity contribution < 1.29 is 0 Å². The van der Waals surface area contributed by atoms with Gasteiger partial charge in [-0.15, -0.1) is 0 Å². The first kappa shape index (κ1) is 12.6. The largest absolute Gasteiger partial charge is 0.354 e. The highest BCUT2D eigenvalue weighted by atomic mass is 15.1. The van der Waals surface area contributed by atoms with Gasteiger partial charge in [-0.3, -0.25) is 0 Å². The fourth-order valence-corrected chi connectivity index (χ4v) is 1.99. The molecular formula is C15H19N3. The lowest BCUT2D eigenvalue weighted by Crippen LogP contribution is -2.02. The Hall–Kier alpha value is -1.90.